The Kier molecular flexibility index (Phi) is 11.3. The first kappa shape index (κ1) is 36.3. The summed E-state index contributed by atoms with van der Waals surface area (Å²) in [4.78, 5) is 4.88. The smallest absolute Gasteiger partial charge is 0.509 e. The summed E-state index contributed by atoms with van der Waals surface area (Å²) in [5, 5.41) is 7.24. The molecule has 0 aliphatic heterocycles. The van der Waals surface area contributed by atoms with Crippen LogP contribution in [0.5, 0.6) is 11.5 Å². The van der Waals surface area contributed by atoms with Gasteiger partial charge in [-0.2, -0.15) is 17.2 Å². The minimum Gasteiger partial charge on any atom is -0.509 e. The molecule has 0 amide bonds. The molecule has 0 radical (unpaired) electrons. The van der Waals surface area contributed by atoms with E-state index in [9.17, 15) is 0 Å². The summed E-state index contributed by atoms with van der Waals surface area (Å²) in [6.45, 7) is 13.3. The molecular weight excluding hydrogens is 808 g/mol. The quantitative estimate of drug-likeness (QED) is 0.0908. The van der Waals surface area contributed by atoms with E-state index >= 15 is 0 Å². The number of fused-ring (bicyclic) bond motifs is 3. The van der Waals surface area contributed by atoms with Gasteiger partial charge in [0.1, 0.15) is 5.82 Å². The van der Waals surface area contributed by atoms with Crippen molar-refractivity contribution in [2.75, 3.05) is 0 Å². The molecular formula is C45H46N4OPt. The Hall–Kier alpha value is -4.47. The molecule has 0 saturated carbocycles. The van der Waals surface area contributed by atoms with Gasteiger partial charge in [0.05, 0.1) is 5.69 Å². The maximum absolute atomic E-state index is 6.50. The van der Waals surface area contributed by atoms with Gasteiger partial charge in [-0.3, -0.25) is 4.68 Å². The number of pyridine rings is 1. The largest absolute Gasteiger partial charge is 2.00 e. The van der Waals surface area contributed by atoms with Gasteiger partial charge >= 0.3 is 21.1 Å². The Morgan fingerprint density at radius 2 is 1.61 bits per heavy atom. The molecule has 5 nitrogen and oxygen atoms in total. The molecule has 0 spiro atoms. The van der Waals surface area contributed by atoms with Gasteiger partial charge in [0.25, 0.3) is 0 Å². The molecule has 0 N–H and O–H groups in total. The number of unbranched alkanes of at least 4 members (excludes halogenated alkanes) is 2. The fourth-order valence-corrected chi connectivity index (χ4v) is 7.23. The van der Waals surface area contributed by atoms with Crippen LogP contribution in [0.3, 0.4) is 0 Å². The van der Waals surface area contributed by atoms with E-state index in [1.807, 2.05) is 41.2 Å². The SMILES string of the molecule is CCCCCC(C)c1ccc2c(c1)c1ccc(Oc3[c-]c(-n4nc(C)c(-c5ccccc5)c4C)ccc3)[c-]c1n2-c1cc(CC(C)C)ccn1.[Pt+2]. The zero-order valence-electron chi connectivity index (χ0n) is 30.4. The summed E-state index contributed by atoms with van der Waals surface area (Å²) in [7, 11) is 0. The maximum atomic E-state index is 6.50. The van der Waals surface area contributed by atoms with Crippen LogP contribution in [0.1, 0.15) is 81.8 Å². The Bertz CT molecular complexity index is 2270. The van der Waals surface area contributed by atoms with Crippen molar-refractivity contribution in [3.05, 3.63) is 132 Å². The first-order chi connectivity index (χ1) is 24.3. The molecule has 0 aliphatic rings. The number of aryl methyl sites for hydroxylation is 1. The fourth-order valence-electron chi connectivity index (χ4n) is 7.23. The Balaban J connectivity index is 0.00000448. The number of aromatic nitrogens is 4. The Morgan fingerprint density at radius 3 is 2.39 bits per heavy atom. The third-order valence-corrected chi connectivity index (χ3v) is 9.72. The Morgan fingerprint density at radius 1 is 0.804 bits per heavy atom. The van der Waals surface area contributed by atoms with Crippen molar-refractivity contribution in [3.63, 3.8) is 0 Å². The topological polar surface area (TPSA) is 44.9 Å². The molecule has 0 fully saturated rings. The van der Waals surface area contributed by atoms with Gasteiger partial charge in [-0.15, -0.1) is 35.7 Å². The van der Waals surface area contributed by atoms with Gasteiger partial charge in [0.15, 0.2) is 0 Å². The van der Waals surface area contributed by atoms with Gasteiger partial charge < -0.3 is 9.30 Å². The van der Waals surface area contributed by atoms with E-state index in [1.54, 1.807) is 0 Å². The zero-order chi connectivity index (χ0) is 34.8. The summed E-state index contributed by atoms with van der Waals surface area (Å²) < 4.78 is 10.7. The minimum absolute atomic E-state index is 0. The van der Waals surface area contributed by atoms with Crippen LogP contribution >= 0.6 is 0 Å². The van der Waals surface area contributed by atoms with E-state index in [1.165, 1.54) is 42.2 Å². The van der Waals surface area contributed by atoms with Crippen molar-refractivity contribution >= 4 is 21.8 Å². The van der Waals surface area contributed by atoms with Crippen LogP contribution in [0.4, 0.5) is 0 Å². The van der Waals surface area contributed by atoms with Crippen molar-refractivity contribution in [2.45, 2.75) is 79.6 Å². The van der Waals surface area contributed by atoms with Crippen molar-refractivity contribution in [1.29, 1.82) is 0 Å². The molecule has 7 rings (SSSR count). The van der Waals surface area contributed by atoms with Gasteiger partial charge in [-0.25, -0.2) is 4.98 Å². The first-order valence-corrected chi connectivity index (χ1v) is 18.1. The fraction of sp³-hybridized carbons (Fsp3) is 0.289. The van der Waals surface area contributed by atoms with Crippen molar-refractivity contribution in [2.24, 2.45) is 5.92 Å². The van der Waals surface area contributed by atoms with Crippen LogP contribution in [0, 0.1) is 31.9 Å². The van der Waals surface area contributed by atoms with Gasteiger partial charge in [-0.1, -0.05) is 94.9 Å². The van der Waals surface area contributed by atoms with Crippen molar-refractivity contribution < 1.29 is 25.8 Å². The molecule has 7 aromatic rings. The van der Waals surface area contributed by atoms with Crippen LogP contribution in [-0.2, 0) is 27.5 Å². The van der Waals surface area contributed by atoms with Crippen LogP contribution in [0.15, 0.2) is 97.2 Å². The third kappa shape index (κ3) is 7.60. The summed E-state index contributed by atoms with van der Waals surface area (Å²) in [5.41, 5.74) is 9.88. The third-order valence-electron chi connectivity index (χ3n) is 9.72. The summed E-state index contributed by atoms with van der Waals surface area (Å²) >= 11 is 0. The van der Waals surface area contributed by atoms with Gasteiger partial charge in [0, 0.05) is 34.5 Å². The second-order valence-electron chi connectivity index (χ2n) is 14.0. The summed E-state index contributed by atoms with van der Waals surface area (Å²) in [6.07, 6.45) is 7.89. The molecule has 1 atom stereocenters. The predicted octanol–water partition coefficient (Wildman–Crippen LogP) is 11.9. The molecule has 0 aliphatic carbocycles. The standard InChI is InChI=1S/C45H46N4O.Pt/c1-7-8-10-14-31(4)36-19-22-42-41(27-36)40-21-20-39(29-43(40)48(42)44-26-34(23-24-46-44)25-30(2)3)50-38-18-13-17-37(28-38)49-33(6)45(32(5)47-49)35-15-11-9-12-16-35;/h9,11-13,15-24,26-27,30-31H,7-8,10,14,25H2,1-6H3;/q-2;+2. The molecule has 0 bridgehead atoms. The van der Waals surface area contributed by atoms with Crippen molar-refractivity contribution in [3.8, 4) is 34.1 Å². The molecule has 1 unspecified atom stereocenters. The van der Waals surface area contributed by atoms with Crippen molar-refractivity contribution in [1.82, 2.24) is 19.3 Å². The zero-order valence-corrected chi connectivity index (χ0v) is 32.7. The van der Waals surface area contributed by atoms with E-state index < -0.39 is 0 Å². The average Bonchev–Trinajstić information content (AvgIpc) is 3.60. The van der Waals surface area contributed by atoms with Crippen LogP contribution in [-0.4, -0.2) is 19.3 Å². The number of nitrogens with zero attached hydrogens (tertiary/aromatic N) is 4. The van der Waals surface area contributed by atoms with E-state index in [2.05, 4.69) is 119 Å². The number of hydrogen-bond donors (Lipinski definition) is 0. The van der Waals surface area contributed by atoms with E-state index in [0.717, 1.165) is 56.9 Å². The first-order valence-electron chi connectivity index (χ1n) is 18.1. The van der Waals surface area contributed by atoms with E-state index in [0.29, 0.717) is 23.3 Å². The maximum Gasteiger partial charge on any atom is 2.00 e. The minimum atomic E-state index is 0. The predicted molar refractivity (Wildman–Crippen MR) is 206 cm³/mol. The molecule has 51 heavy (non-hydrogen) atoms. The average molecular weight is 854 g/mol. The van der Waals surface area contributed by atoms with Crippen LogP contribution < -0.4 is 4.74 Å². The molecule has 0 saturated heterocycles. The molecule has 6 heteroatoms. The van der Waals surface area contributed by atoms with E-state index in [4.69, 9.17) is 14.8 Å². The molecule has 4 aromatic carbocycles. The number of hydrogen-bond acceptors (Lipinski definition) is 3. The number of ether oxygens (including phenoxy) is 1. The summed E-state index contributed by atoms with van der Waals surface area (Å²) in [6, 6.07) is 38.9. The molecule has 3 aromatic heterocycles. The molecule has 3 heterocycles. The summed E-state index contributed by atoms with van der Waals surface area (Å²) in [5.74, 6) is 3.18. The van der Waals surface area contributed by atoms with Gasteiger partial charge in [-0.05, 0) is 84.5 Å². The monoisotopic (exact) mass is 853 g/mol. The van der Waals surface area contributed by atoms with Gasteiger partial charge in [0.2, 0.25) is 0 Å². The number of rotatable bonds is 12. The second kappa shape index (κ2) is 15.8. The number of benzene rings is 4. The van der Waals surface area contributed by atoms with Crippen LogP contribution in [0.25, 0.3) is 44.4 Å². The van der Waals surface area contributed by atoms with E-state index in [-0.39, 0.29) is 21.1 Å². The normalized spacial score (nSPS) is 12.1. The van der Waals surface area contributed by atoms with Crippen LogP contribution in [0.2, 0.25) is 0 Å². The Labute approximate surface area is 317 Å². The molecule has 262 valence electrons. The second-order valence-corrected chi connectivity index (χ2v) is 14.0.